The van der Waals surface area contributed by atoms with Gasteiger partial charge in [-0.2, -0.15) is 0 Å². The van der Waals surface area contributed by atoms with Crippen LogP contribution in [0.25, 0.3) is 21.3 Å². The van der Waals surface area contributed by atoms with Gasteiger partial charge in [0.05, 0.1) is 10.6 Å². The molecule has 0 aliphatic heterocycles. The van der Waals surface area contributed by atoms with Crippen LogP contribution in [0.2, 0.25) is 0 Å². The lowest BCUT2D eigenvalue weighted by molar-refractivity contribution is -0.120. The molecule has 0 aliphatic carbocycles. The predicted molar refractivity (Wildman–Crippen MR) is 114 cm³/mol. The fraction of sp³-hybridized carbons (Fsp3) is 0.350. The monoisotopic (exact) mass is 401 g/mol. The first-order valence-corrected chi connectivity index (χ1v) is 10.8. The molecular formula is C20H23N3O2S2. The Bertz CT molecular complexity index is 996. The quantitative estimate of drug-likeness (QED) is 0.477. The van der Waals surface area contributed by atoms with Gasteiger partial charge in [0.1, 0.15) is 4.83 Å². The van der Waals surface area contributed by atoms with E-state index < -0.39 is 0 Å². The highest BCUT2D eigenvalue weighted by atomic mass is 32.2. The third-order valence-electron chi connectivity index (χ3n) is 4.26. The Hall–Kier alpha value is -2.12. The van der Waals surface area contributed by atoms with Crippen LogP contribution in [0.1, 0.15) is 27.2 Å². The summed E-state index contributed by atoms with van der Waals surface area (Å²) in [6.45, 7) is 6.95. The van der Waals surface area contributed by atoms with E-state index in [9.17, 15) is 9.59 Å². The lowest BCUT2D eigenvalue weighted by atomic mass is 10.1. The molecule has 2 heterocycles. The zero-order chi connectivity index (χ0) is 19.4. The normalized spacial score (nSPS) is 12.3. The van der Waals surface area contributed by atoms with E-state index in [0.29, 0.717) is 28.5 Å². The summed E-state index contributed by atoms with van der Waals surface area (Å²) in [4.78, 5) is 30.8. The number of carbonyl (C=O) groups excluding carboxylic acids is 1. The second-order valence-electron chi connectivity index (χ2n) is 6.19. The van der Waals surface area contributed by atoms with E-state index in [1.165, 1.54) is 23.1 Å². The molecule has 0 spiro atoms. The molecule has 0 unspecified atom stereocenters. The van der Waals surface area contributed by atoms with E-state index in [1.807, 2.05) is 56.5 Å². The smallest absolute Gasteiger partial charge is 0.263 e. The Kier molecular flexibility index (Phi) is 6.34. The van der Waals surface area contributed by atoms with Gasteiger partial charge in [0.15, 0.2) is 5.16 Å². The molecule has 0 saturated heterocycles. The summed E-state index contributed by atoms with van der Waals surface area (Å²) in [5.74, 6) is -0.0324. The third kappa shape index (κ3) is 4.09. The van der Waals surface area contributed by atoms with Crippen molar-refractivity contribution in [2.45, 2.75) is 44.1 Å². The highest BCUT2D eigenvalue weighted by Crippen LogP contribution is 2.32. The van der Waals surface area contributed by atoms with Crippen LogP contribution in [0.3, 0.4) is 0 Å². The number of hydrogen-bond acceptors (Lipinski definition) is 5. The average Bonchev–Trinajstić information content (AvgIpc) is 3.11. The molecule has 0 fully saturated rings. The van der Waals surface area contributed by atoms with Crippen LogP contribution in [0.15, 0.2) is 45.7 Å². The molecule has 0 bridgehead atoms. The molecular weight excluding hydrogens is 378 g/mol. The van der Waals surface area contributed by atoms with E-state index in [1.54, 1.807) is 4.57 Å². The van der Waals surface area contributed by atoms with E-state index >= 15 is 0 Å². The van der Waals surface area contributed by atoms with Crippen LogP contribution in [-0.4, -0.2) is 27.3 Å². The number of thioether (sulfide) groups is 1. The molecule has 7 heteroatoms. The van der Waals surface area contributed by atoms with Crippen molar-refractivity contribution in [3.63, 3.8) is 0 Å². The second-order valence-corrected chi connectivity index (χ2v) is 8.36. The molecule has 2 aromatic heterocycles. The first kappa shape index (κ1) is 19.6. The Labute approximate surface area is 166 Å². The van der Waals surface area contributed by atoms with Crippen molar-refractivity contribution in [1.82, 2.24) is 14.9 Å². The van der Waals surface area contributed by atoms with Crippen molar-refractivity contribution < 1.29 is 4.79 Å². The summed E-state index contributed by atoms with van der Waals surface area (Å²) in [6.07, 6.45) is 0.893. The summed E-state index contributed by atoms with van der Waals surface area (Å²) in [7, 11) is 0. The number of rotatable bonds is 7. The molecule has 27 heavy (non-hydrogen) atoms. The molecule has 5 nitrogen and oxygen atoms in total. The molecule has 1 N–H and O–H groups in total. The molecule has 3 rings (SSSR count). The predicted octanol–water partition coefficient (Wildman–Crippen LogP) is 4.15. The number of thiophene rings is 1. The standard InChI is InChI=1S/C20H23N3O2S2/c1-4-11-21-17(24)13(3)27-20-22-18-16(19(25)23(20)5-2)15(12-26-18)14-9-7-6-8-10-14/h6-10,12-13H,4-5,11H2,1-3H3,(H,21,24)/t13-/m1/s1. The van der Waals surface area contributed by atoms with Gasteiger partial charge in [-0.1, -0.05) is 49.0 Å². The lowest BCUT2D eigenvalue weighted by Gasteiger charge is -2.14. The number of benzene rings is 1. The minimum atomic E-state index is -0.313. The number of nitrogens with one attached hydrogen (secondary N) is 1. The van der Waals surface area contributed by atoms with Gasteiger partial charge in [0.2, 0.25) is 5.91 Å². The minimum absolute atomic E-state index is 0.0324. The summed E-state index contributed by atoms with van der Waals surface area (Å²) < 4.78 is 1.66. The number of amides is 1. The molecule has 142 valence electrons. The van der Waals surface area contributed by atoms with Crippen LogP contribution in [-0.2, 0) is 11.3 Å². The van der Waals surface area contributed by atoms with E-state index in [0.717, 1.165) is 17.5 Å². The van der Waals surface area contributed by atoms with Crippen LogP contribution in [0.5, 0.6) is 0 Å². The first-order valence-electron chi connectivity index (χ1n) is 9.08. The van der Waals surface area contributed by atoms with Crippen molar-refractivity contribution >= 4 is 39.2 Å². The van der Waals surface area contributed by atoms with Crippen LogP contribution in [0.4, 0.5) is 0 Å². The maximum Gasteiger partial charge on any atom is 0.263 e. The molecule has 1 amide bonds. The number of hydrogen-bond donors (Lipinski definition) is 1. The lowest BCUT2D eigenvalue weighted by Crippen LogP contribution is -2.32. The van der Waals surface area contributed by atoms with Gasteiger partial charge in [-0.15, -0.1) is 11.3 Å². The van der Waals surface area contributed by atoms with Crippen LogP contribution >= 0.6 is 23.1 Å². The molecule has 1 atom stereocenters. The number of nitrogens with zero attached hydrogens (tertiary/aromatic N) is 2. The van der Waals surface area contributed by atoms with Crippen molar-refractivity contribution in [2.75, 3.05) is 6.54 Å². The van der Waals surface area contributed by atoms with Gasteiger partial charge >= 0.3 is 0 Å². The summed E-state index contributed by atoms with van der Waals surface area (Å²) >= 11 is 2.80. The van der Waals surface area contributed by atoms with Crippen molar-refractivity contribution in [3.05, 3.63) is 46.1 Å². The molecule has 1 aromatic carbocycles. The van der Waals surface area contributed by atoms with Gasteiger partial charge in [-0.05, 0) is 25.8 Å². The highest BCUT2D eigenvalue weighted by Gasteiger charge is 2.20. The fourth-order valence-electron chi connectivity index (χ4n) is 2.81. The summed E-state index contributed by atoms with van der Waals surface area (Å²) in [5.41, 5.74) is 1.88. The maximum absolute atomic E-state index is 13.2. The Morgan fingerprint density at radius 3 is 2.70 bits per heavy atom. The van der Waals surface area contributed by atoms with Crippen molar-refractivity contribution in [3.8, 4) is 11.1 Å². The molecule has 0 radical (unpaired) electrons. The largest absolute Gasteiger partial charge is 0.355 e. The van der Waals surface area contributed by atoms with Gasteiger partial charge in [0.25, 0.3) is 5.56 Å². The number of fused-ring (bicyclic) bond motifs is 1. The Balaban J connectivity index is 2.01. The Morgan fingerprint density at radius 1 is 1.30 bits per heavy atom. The van der Waals surface area contributed by atoms with E-state index in [-0.39, 0.29) is 16.7 Å². The van der Waals surface area contributed by atoms with Crippen molar-refractivity contribution in [1.29, 1.82) is 0 Å². The van der Waals surface area contributed by atoms with Gasteiger partial charge in [-0.25, -0.2) is 4.98 Å². The molecule has 0 saturated carbocycles. The third-order valence-corrected chi connectivity index (χ3v) is 6.22. The van der Waals surface area contributed by atoms with E-state index in [2.05, 4.69) is 5.32 Å². The van der Waals surface area contributed by atoms with Gasteiger partial charge < -0.3 is 5.32 Å². The van der Waals surface area contributed by atoms with E-state index in [4.69, 9.17) is 4.98 Å². The maximum atomic E-state index is 13.2. The van der Waals surface area contributed by atoms with Gasteiger partial charge in [0, 0.05) is 24.0 Å². The Morgan fingerprint density at radius 2 is 2.04 bits per heavy atom. The second kappa shape index (κ2) is 8.71. The van der Waals surface area contributed by atoms with Crippen LogP contribution < -0.4 is 10.9 Å². The molecule has 3 aromatic rings. The SMILES string of the molecule is CCCNC(=O)[C@@H](C)Sc1nc2scc(-c3ccccc3)c2c(=O)n1CC. The van der Waals surface area contributed by atoms with Crippen LogP contribution in [0, 0.1) is 0 Å². The highest BCUT2D eigenvalue weighted by molar-refractivity contribution is 8.00. The minimum Gasteiger partial charge on any atom is -0.355 e. The fourth-order valence-corrected chi connectivity index (χ4v) is 4.79. The van der Waals surface area contributed by atoms with Gasteiger partial charge in [-0.3, -0.25) is 14.2 Å². The zero-order valence-corrected chi connectivity index (χ0v) is 17.3. The zero-order valence-electron chi connectivity index (χ0n) is 15.7. The first-order chi connectivity index (χ1) is 13.1. The number of aromatic nitrogens is 2. The average molecular weight is 402 g/mol. The summed E-state index contributed by atoms with van der Waals surface area (Å²) in [5, 5.41) is 5.81. The number of carbonyl (C=O) groups is 1. The molecule has 0 aliphatic rings. The summed E-state index contributed by atoms with van der Waals surface area (Å²) in [6, 6.07) is 9.89. The van der Waals surface area contributed by atoms with Crippen molar-refractivity contribution in [2.24, 2.45) is 0 Å². The topological polar surface area (TPSA) is 64.0 Å².